The summed E-state index contributed by atoms with van der Waals surface area (Å²) in [5.41, 5.74) is 4.32. The molecule has 1 heterocycles. The number of carbonyl (C=O) groups is 1. The molecule has 3 aromatic rings. The largest absolute Gasteiger partial charge is 0.454 e. The van der Waals surface area contributed by atoms with Gasteiger partial charge in [-0.25, -0.2) is 8.42 Å². The highest BCUT2D eigenvalue weighted by atomic mass is 32.2. The number of fused-ring (bicyclic) bond motifs is 2. The van der Waals surface area contributed by atoms with Crippen molar-refractivity contribution < 1.29 is 17.9 Å². The number of rotatable bonds is 3. The zero-order valence-electron chi connectivity index (χ0n) is 17.2. The van der Waals surface area contributed by atoms with Crippen molar-refractivity contribution in [2.75, 3.05) is 16.7 Å². The van der Waals surface area contributed by atoms with Crippen LogP contribution in [0.25, 0.3) is 0 Å². The number of aryl methyl sites for hydroxylation is 3. The van der Waals surface area contributed by atoms with Gasteiger partial charge in [-0.05, 0) is 79.9 Å². The summed E-state index contributed by atoms with van der Waals surface area (Å²) in [5, 5.41) is 2.80. The molecule has 1 aliphatic rings. The lowest BCUT2D eigenvalue weighted by atomic mass is 10.1. The average molecular weight is 423 g/mol. The molecule has 0 bridgehead atoms. The first-order valence-electron chi connectivity index (χ1n) is 9.47. The Hall–Kier alpha value is -3.32. The summed E-state index contributed by atoms with van der Waals surface area (Å²) in [6, 6.07) is 15.3. The zero-order valence-corrected chi connectivity index (χ0v) is 18.0. The lowest BCUT2D eigenvalue weighted by Crippen LogP contribution is -2.27. The molecule has 0 radical (unpaired) electrons. The van der Waals surface area contributed by atoms with Gasteiger partial charge >= 0.3 is 0 Å². The Morgan fingerprint density at radius 1 is 0.867 bits per heavy atom. The van der Waals surface area contributed by atoms with E-state index in [4.69, 9.17) is 4.74 Å². The van der Waals surface area contributed by atoms with Crippen molar-refractivity contribution in [2.24, 2.45) is 0 Å². The van der Waals surface area contributed by atoms with E-state index in [9.17, 15) is 13.2 Å². The smallest absolute Gasteiger partial charge is 0.264 e. The van der Waals surface area contributed by atoms with Crippen LogP contribution in [0.15, 0.2) is 59.5 Å². The third-order valence-corrected chi connectivity index (χ3v) is 7.09. The quantitative estimate of drug-likeness (QED) is 0.658. The van der Waals surface area contributed by atoms with Crippen molar-refractivity contribution in [1.82, 2.24) is 0 Å². The molecule has 0 fully saturated rings. The van der Waals surface area contributed by atoms with E-state index >= 15 is 0 Å². The topological polar surface area (TPSA) is 75.7 Å². The lowest BCUT2D eigenvalue weighted by molar-refractivity contribution is 0.102. The molecule has 0 saturated heterocycles. The summed E-state index contributed by atoms with van der Waals surface area (Å²) in [7, 11) is -2.37. The lowest BCUT2D eigenvalue weighted by Gasteiger charge is -2.21. The fourth-order valence-electron chi connectivity index (χ4n) is 3.29. The molecular formula is C23H22N2O4S. The van der Waals surface area contributed by atoms with Gasteiger partial charge in [-0.2, -0.15) is 0 Å². The normalized spacial score (nSPS) is 12.9. The highest BCUT2D eigenvalue weighted by Gasteiger charge is 2.27. The second-order valence-electron chi connectivity index (χ2n) is 7.45. The maximum Gasteiger partial charge on any atom is 0.264 e. The van der Waals surface area contributed by atoms with Crippen LogP contribution in [0.2, 0.25) is 0 Å². The Balaban J connectivity index is 1.73. The molecule has 7 heteroatoms. The van der Waals surface area contributed by atoms with Gasteiger partial charge in [-0.15, -0.1) is 0 Å². The average Bonchev–Trinajstić information content (AvgIpc) is 2.84. The van der Waals surface area contributed by atoms with Crippen LogP contribution in [0.1, 0.15) is 27.0 Å². The van der Waals surface area contributed by atoms with Gasteiger partial charge in [0.15, 0.2) is 5.75 Å². The molecule has 30 heavy (non-hydrogen) atoms. The molecule has 0 atom stereocenters. The van der Waals surface area contributed by atoms with Crippen LogP contribution in [-0.2, 0) is 10.0 Å². The predicted molar refractivity (Wildman–Crippen MR) is 117 cm³/mol. The molecule has 3 aromatic carbocycles. The van der Waals surface area contributed by atoms with E-state index in [1.165, 1.54) is 29.6 Å². The maximum absolute atomic E-state index is 13.2. The Bertz CT molecular complexity index is 1280. The fourth-order valence-corrected chi connectivity index (χ4v) is 4.51. The summed E-state index contributed by atoms with van der Waals surface area (Å²) in [5.74, 6) is 0.402. The van der Waals surface area contributed by atoms with E-state index in [0.717, 1.165) is 16.7 Å². The highest BCUT2D eigenvalue weighted by Crippen LogP contribution is 2.37. The van der Waals surface area contributed by atoms with Crippen LogP contribution in [0.3, 0.4) is 0 Å². The molecular weight excluding hydrogens is 400 g/mol. The van der Waals surface area contributed by atoms with E-state index in [2.05, 4.69) is 5.32 Å². The van der Waals surface area contributed by atoms with Crippen molar-refractivity contribution in [3.05, 3.63) is 76.9 Å². The molecule has 1 amide bonds. The van der Waals surface area contributed by atoms with E-state index in [0.29, 0.717) is 22.9 Å². The summed E-state index contributed by atoms with van der Waals surface area (Å²) in [6.07, 6.45) is 0. The molecule has 1 aliphatic heterocycles. The second-order valence-corrected chi connectivity index (χ2v) is 9.42. The Labute approximate surface area is 176 Å². The molecule has 0 spiro atoms. The number of anilines is 2. The number of benzene rings is 3. The van der Waals surface area contributed by atoms with E-state index in [1.54, 1.807) is 12.1 Å². The van der Waals surface area contributed by atoms with Crippen molar-refractivity contribution in [3.63, 3.8) is 0 Å². The zero-order chi connectivity index (χ0) is 21.6. The minimum absolute atomic E-state index is 0.0165. The first-order valence-corrected chi connectivity index (χ1v) is 10.9. The molecule has 0 aromatic heterocycles. The van der Waals surface area contributed by atoms with E-state index < -0.39 is 15.9 Å². The van der Waals surface area contributed by atoms with Crippen LogP contribution < -0.4 is 14.4 Å². The molecule has 0 saturated carbocycles. The van der Waals surface area contributed by atoms with Crippen molar-refractivity contribution >= 4 is 27.3 Å². The predicted octanol–water partition coefficient (Wildman–Crippen LogP) is 4.79. The van der Waals surface area contributed by atoms with Gasteiger partial charge in [0.25, 0.3) is 15.9 Å². The van der Waals surface area contributed by atoms with Gasteiger partial charge in [0.05, 0.1) is 21.8 Å². The van der Waals surface area contributed by atoms with E-state index in [-0.39, 0.29) is 10.5 Å². The summed E-state index contributed by atoms with van der Waals surface area (Å²) >= 11 is 0. The van der Waals surface area contributed by atoms with Crippen LogP contribution >= 0.6 is 0 Å². The monoisotopic (exact) mass is 422 g/mol. The van der Waals surface area contributed by atoms with Crippen LogP contribution in [0, 0.1) is 20.8 Å². The number of sulfonamides is 1. The number of hydrogen-bond acceptors (Lipinski definition) is 4. The SMILES string of the molecule is Cc1ccc2c(c1)NC(=O)c1cc(S(=O)(=O)N(C)c3ccc(C)c(C)c3)ccc1O2. The number of nitrogens with one attached hydrogen (secondary N) is 1. The summed E-state index contributed by atoms with van der Waals surface area (Å²) < 4.78 is 33.5. The van der Waals surface area contributed by atoms with Crippen molar-refractivity contribution in [1.29, 1.82) is 0 Å². The maximum atomic E-state index is 13.2. The number of hydrogen-bond donors (Lipinski definition) is 1. The molecule has 0 unspecified atom stereocenters. The number of amides is 1. The number of nitrogens with zero attached hydrogens (tertiary/aromatic N) is 1. The summed E-state index contributed by atoms with van der Waals surface area (Å²) in [4.78, 5) is 12.8. The Morgan fingerprint density at radius 2 is 1.60 bits per heavy atom. The standard InChI is InChI=1S/C23H22N2O4S/c1-14-5-9-22-20(11-14)24-23(26)19-13-18(8-10-21(19)29-22)30(27,28)25(4)17-7-6-15(2)16(3)12-17/h5-13H,1-4H3,(H,24,26). The number of ether oxygens (including phenoxy) is 1. The first kappa shape index (κ1) is 20.0. The second kappa shape index (κ2) is 7.18. The van der Waals surface area contributed by atoms with Gasteiger partial charge in [-0.3, -0.25) is 9.10 Å². The molecule has 154 valence electrons. The van der Waals surface area contributed by atoms with E-state index in [1.807, 2.05) is 45.0 Å². The van der Waals surface area contributed by atoms with Crippen LogP contribution in [-0.4, -0.2) is 21.4 Å². The molecule has 0 aliphatic carbocycles. The minimum Gasteiger partial charge on any atom is -0.454 e. The van der Waals surface area contributed by atoms with Gasteiger partial charge in [0, 0.05) is 7.05 Å². The molecule has 1 N–H and O–H groups in total. The molecule has 4 rings (SSSR count). The summed E-state index contributed by atoms with van der Waals surface area (Å²) in [6.45, 7) is 5.82. The van der Waals surface area contributed by atoms with Crippen LogP contribution in [0.4, 0.5) is 11.4 Å². The van der Waals surface area contributed by atoms with Gasteiger partial charge in [0.1, 0.15) is 5.75 Å². The first-order chi connectivity index (χ1) is 14.2. The van der Waals surface area contributed by atoms with Crippen LogP contribution in [0.5, 0.6) is 11.5 Å². The van der Waals surface area contributed by atoms with Crippen molar-refractivity contribution in [3.8, 4) is 11.5 Å². The van der Waals surface area contributed by atoms with Gasteiger partial charge in [0.2, 0.25) is 0 Å². The molecule has 6 nitrogen and oxygen atoms in total. The van der Waals surface area contributed by atoms with Crippen molar-refractivity contribution in [2.45, 2.75) is 25.7 Å². The highest BCUT2D eigenvalue weighted by molar-refractivity contribution is 7.92. The Kier molecular flexibility index (Phi) is 4.78. The Morgan fingerprint density at radius 3 is 2.33 bits per heavy atom. The minimum atomic E-state index is -3.87. The van der Waals surface area contributed by atoms with Gasteiger partial charge < -0.3 is 10.1 Å². The number of carbonyl (C=O) groups excluding carboxylic acids is 1. The third-order valence-electron chi connectivity index (χ3n) is 5.31. The fraction of sp³-hybridized carbons (Fsp3) is 0.174. The van der Waals surface area contributed by atoms with Gasteiger partial charge in [-0.1, -0.05) is 12.1 Å². The third kappa shape index (κ3) is 3.41.